The minimum absolute atomic E-state index is 0.0140. The summed E-state index contributed by atoms with van der Waals surface area (Å²) >= 11 is 0. The van der Waals surface area contributed by atoms with E-state index in [-0.39, 0.29) is 37.3 Å². The second-order valence-electron chi connectivity index (χ2n) is 18.9. The second kappa shape index (κ2) is 20.1. The maximum absolute atomic E-state index is 14.4. The molecule has 0 saturated carbocycles. The van der Waals surface area contributed by atoms with Crippen LogP contribution in [-0.2, 0) is 33.2 Å². The van der Waals surface area contributed by atoms with Gasteiger partial charge < -0.3 is 63.8 Å². The number of rotatable bonds is 8. The molecular formula is C43H79N3O12. The van der Waals surface area contributed by atoms with E-state index in [1.165, 1.54) is 14.0 Å². The first-order valence-corrected chi connectivity index (χ1v) is 21.1. The molecule has 0 aliphatic carbocycles. The van der Waals surface area contributed by atoms with Crippen LogP contribution < -0.4 is 0 Å². The summed E-state index contributed by atoms with van der Waals surface area (Å²) in [7, 11) is 10.8. The summed E-state index contributed by atoms with van der Waals surface area (Å²) in [6.45, 7) is 18.3. The minimum Gasteiger partial charge on any atom is -0.459 e. The number of aliphatic hydroxyl groups excluding tert-OH is 2. The highest BCUT2D eigenvalue weighted by molar-refractivity contribution is 5.73. The van der Waals surface area contributed by atoms with Crippen molar-refractivity contribution in [1.29, 1.82) is 0 Å². The molecule has 3 aliphatic rings. The lowest BCUT2D eigenvalue weighted by molar-refractivity contribution is -0.327. The average molecular weight is 830 g/mol. The standard InChI is InChI=1S/C43H79N3O12/c1-17-32-42(10,51)36(48)29(6)46(15)24-25(2)22-40(8,50)37(58-39-34(47)31(45(13)14)21-26(3)54-39)27(4)35(28(5)38(49)56-32)57-33-23-41(9,53-16)43(52,30(7)55-33)19-18-20-44(11)12/h25-37,39,47-48,50-52H,17,20-24H2,1-16H3/t25-,26-,27+,28-,29-,30+,31+,32-,33+,34-,35+,36-,37-,39+,40-,41-,42-,43-/m1/s1. The van der Waals surface area contributed by atoms with Crippen LogP contribution in [0.5, 0.6) is 0 Å². The van der Waals surface area contributed by atoms with Crippen LogP contribution in [0.3, 0.4) is 0 Å². The molecule has 5 N–H and O–H groups in total. The van der Waals surface area contributed by atoms with Crippen molar-refractivity contribution < 1.29 is 58.7 Å². The second-order valence-corrected chi connectivity index (χ2v) is 18.9. The number of carbonyl (C=O) groups is 1. The molecular weight excluding hydrogens is 750 g/mol. The van der Waals surface area contributed by atoms with E-state index in [1.807, 2.05) is 70.7 Å². The normalized spacial score (nSPS) is 46.8. The van der Waals surface area contributed by atoms with E-state index in [0.717, 1.165) is 0 Å². The van der Waals surface area contributed by atoms with Gasteiger partial charge in [-0.1, -0.05) is 32.6 Å². The highest BCUT2D eigenvalue weighted by Crippen LogP contribution is 2.43. The number of likely N-dealkylation sites (N-methyl/N-ethyl adjacent to an activating group) is 2. The maximum atomic E-state index is 14.4. The van der Waals surface area contributed by atoms with Crippen LogP contribution >= 0.6 is 0 Å². The smallest absolute Gasteiger partial charge is 0.311 e. The number of ether oxygens (including phenoxy) is 6. The molecule has 15 heteroatoms. The van der Waals surface area contributed by atoms with Crippen molar-refractivity contribution in [3.05, 3.63) is 0 Å². The van der Waals surface area contributed by atoms with Gasteiger partial charge in [-0.05, 0) is 109 Å². The fraction of sp³-hybridized carbons (Fsp3) is 0.930. The molecule has 0 aromatic heterocycles. The van der Waals surface area contributed by atoms with Crippen molar-refractivity contribution in [3.8, 4) is 11.8 Å². The molecule has 0 spiro atoms. The Morgan fingerprint density at radius 1 is 0.948 bits per heavy atom. The van der Waals surface area contributed by atoms with Gasteiger partial charge in [-0.25, -0.2) is 0 Å². The van der Waals surface area contributed by atoms with E-state index in [0.29, 0.717) is 19.5 Å². The summed E-state index contributed by atoms with van der Waals surface area (Å²) in [5.41, 5.74) is -6.42. The fourth-order valence-electron chi connectivity index (χ4n) is 9.31. The average Bonchev–Trinajstić information content (AvgIpc) is 3.12. The molecule has 3 aliphatic heterocycles. The van der Waals surface area contributed by atoms with Crippen molar-refractivity contribution in [2.24, 2.45) is 17.8 Å². The SMILES string of the molecule is CC[C@H]1OC(=O)[C@H](C)[C@@H](O[C@H]2C[C@@](C)(OC)[C@@](O)(C#CCN(C)C)[C@H](C)O2)[C@H](C)[C@@H](O[C@@H]2O[C@H](C)C[C@H](N(C)C)[C@H]2O)[C@](C)(O)C[C@@H](C)CN(C)[C@H](C)[C@@H](O)[C@]1(C)O. The predicted molar refractivity (Wildman–Crippen MR) is 219 cm³/mol. The van der Waals surface area contributed by atoms with E-state index < -0.39 is 95.5 Å². The van der Waals surface area contributed by atoms with Gasteiger partial charge in [0.05, 0.1) is 36.4 Å². The van der Waals surface area contributed by atoms with Crippen molar-refractivity contribution in [1.82, 2.24) is 14.7 Å². The van der Waals surface area contributed by atoms with Crippen LogP contribution in [0.4, 0.5) is 0 Å². The Morgan fingerprint density at radius 2 is 1.57 bits per heavy atom. The first kappa shape index (κ1) is 50.9. The molecule has 58 heavy (non-hydrogen) atoms. The zero-order valence-electron chi connectivity index (χ0n) is 38.3. The predicted octanol–water partition coefficient (Wildman–Crippen LogP) is 1.84. The van der Waals surface area contributed by atoms with Crippen LogP contribution in [0.1, 0.15) is 94.9 Å². The van der Waals surface area contributed by atoms with Crippen LogP contribution in [0.2, 0.25) is 0 Å². The van der Waals surface area contributed by atoms with Gasteiger partial charge >= 0.3 is 5.97 Å². The van der Waals surface area contributed by atoms with Crippen molar-refractivity contribution >= 4 is 5.97 Å². The molecule has 0 unspecified atom stereocenters. The number of nitrogens with zero attached hydrogens (tertiary/aromatic N) is 3. The van der Waals surface area contributed by atoms with Crippen LogP contribution in [0, 0.1) is 29.6 Å². The number of aliphatic hydroxyl groups is 5. The van der Waals surface area contributed by atoms with Crippen molar-refractivity contribution in [2.75, 3.05) is 55.4 Å². The Morgan fingerprint density at radius 3 is 2.12 bits per heavy atom. The van der Waals surface area contributed by atoms with Gasteiger partial charge in [-0.3, -0.25) is 9.69 Å². The van der Waals surface area contributed by atoms with Crippen LogP contribution in [0.25, 0.3) is 0 Å². The number of carbonyl (C=O) groups excluding carboxylic acids is 1. The van der Waals surface area contributed by atoms with E-state index >= 15 is 0 Å². The third kappa shape index (κ3) is 11.3. The van der Waals surface area contributed by atoms with Gasteiger partial charge in [0, 0.05) is 38.1 Å². The molecule has 3 fully saturated rings. The molecule has 0 bridgehead atoms. The summed E-state index contributed by atoms with van der Waals surface area (Å²) in [6.07, 6.45) is -7.97. The van der Waals surface area contributed by atoms with Gasteiger partial charge in [0.1, 0.15) is 35.6 Å². The Hall–Kier alpha value is -1.49. The summed E-state index contributed by atoms with van der Waals surface area (Å²) in [4.78, 5) is 20.1. The Labute approximate surface area is 348 Å². The van der Waals surface area contributed by atoms with E-state index in [9.17, 15) is 30.3 Å². The lowest BCUT2D eigenvalue weighted by Crippen LogP contribution is -2.66. The zero-order valence-corrected chi connectivity index (χ0v) is 38.3. The topological polar surface area (TPSA) is 183 Å². The first-order chi connectivity index (χ1) is 26.7. The van der Waals surface area contributed by atoms with Crippen LogP contribution in [-0.4, -0.2) is 191 Å². The van der Waals surface area contributed by atoms with Crippen molar-refractivity contribution in [2.45, 2.75) is 185 Å². The van der Waals surface area contributed by atoms with E-state index in [1.54, 1.807) is 41.5 Å². The third-order valence-corrected chi connectivity index (χ3v) is 13.2. The molecule has 0 aromatic rings. The highest BCUT2D eigenvalue weighted by atomic mass is 16.7. The van der Waals surface area contributed by atoms with E-state index in [2.05, 4.69) is 11.8 Å². The molecule has 0 radical (unpaired) electrons. The molecule has 0 aromatic carbocycles. The van der Waals surface area contributed by atoms with Gasteiger partial charge in [-0.2, -0.15) is 0 Å². The number of methoxy groups -OCH3 is 1. The summed E-state index contributed by atoms with van der Waals surface area (Å²) in [6, 6.07) is -0.846. The molecule has 15 nitrogen and oxygen atoms in total. The molecule has 3 heterocycles. The summed E-state index contributed by atoms with van der Waals surface area (Å²) in [5.74, 6) is 3.29. The first-order valence-electron chi connectivity index (χ1n) is 21.1. The summed E-state index contributed by atoms with van der Waals surface area (Å²) in [5, 5.41) is 59.7. The van der Waals surface area contributed by atoms with Gasteiger partial charge in [0.15, 0.2) is 18.2 Å². The fourth-order valence-corrected chi connectivity index (χ4v) is 9.31. The number of esters is 1. The monoisotopic (exact) mass is 830 g/mol. The molecule has 3 saturated heterocycles. The van der Waals surface area contributed by atoms with Crippen LogP contribution in [0.15, 0.2) is 0 Å². The van der Waals surface area contributed by atoms with Gasteiger partial charge in [0.25, 0.3) is 0 Å². The van der Waals surface area contributed by atoms with Gasteiger partial charge in [-0.15, -0.1) is 0 Å². The van der Waals surface area contributed by atoms with E-state index in [4.69, 9.17) is 28.4 Å². The molecule has 338 valence electrons. The molecule has 18 atom stereocenters. The molecule has 3 rings (SSSR count). The number of cyclic esters (lactones) is 1. The summed E-state index contributed by atoms with van der Waals surface area (Å²) < 4.78 is 38.3. The molecule has 0 amide bonds. The lowest BCUT2D eigenvalue weighted by Gasteiger charge is -2.51. The van der Waals surface area contributed by atoms with Gasteiger partial charge in [0.2, 0.25) is 0 Å². The quantitative estimate of drug-likeness (QED) is 0.176. The highest BCUT2D eigenvalue weighted by Gasteiger charge is 2.58. The van der Waals surface area contributed by atoms with Crippen molar-refractivity contribution in [3.63, 3.8) is 0 Å². The number of hydrogen-bond acceptors (Lipinski definition) is 15. The zero-order chi connectivity index (χ0) is 44.3. The maximum Gasteiger partial charge on any atom is 0.311 e. The number of hydrogen-bond donors (Lipinski definition) is 5. The lowest BCUT2D eigenvalue weighted by atomic mass is 9.75. The Balaban J connectivity index is 2.20. The Bertz CT molecular complexity index is 1390. The third-order valence-electron chi connectivity index (χ3n) is 13.2. The largest absolute Gasteiger partial charge is 0.459 e. The Kier molecular flexibility index (Phi) is 17.7. The minimum atomic E-state index is -1.82.